The first kappa shape index (κ1) is 7.90. The van der Waals surface area contributed by atoms with Crippen molar-refractivity contribution in [1.82, 2.24) is 8.61 Å². The molecule has 2 atom stereocenters. The molecule has 2 rings (SSSR count). The molecule has 11 heavy (non-hydrogen) atoms. The van der Waals surface area contributed by atoms with Crippen molar-refractivity contribution in [2.75, 3.05) is 14.1 Å². The average molecular weight is 172 g/mol. The molecule has 0 radical (unpaired) electrons. The van der Waals surface area contributed by atoms with Crippen molar-refractivity contribution in [3.05, 3.63) is 0 Å². The molecule has 0 aromatic rings. The molecule has 0 bridgehead atoms. The normalized spacial score (nSPS) is 40.9. The number of likely N-dealkylation sites (N-methyl/N-ethyl adjacent to an activating group) is 2. The fourth-order valence-electron chi connectivity index (χ4n) is 2.26. The lowest BCUT2D eigenvalue weighted by atomic mass is 9.91. The van der Waals surface area contributed by atoms with Crippen molar-refractivity contribution >= 4 is 12.1 Å². The lowest BCUT2D eigenvalue weighted by Crippen LogP contribution is -2.37. The Bertz CT molecular complexity index is 135. The molecule has 64 valence electrons. The predicted octanol–water partition coefficient (Wildman–Crippen LogP) is 1.74. The molecular weight excluding hydrogens is 156 g/mol. The number of rotatable bonds is 0. The van der Waals surface area contributed by atoms with Crippen LogP contribution in [0.4, 0.5) is 0 Å². The molecule has 0 aromatic carbocycles. The zero-order valence-electron chi connectivity index (χ0n) is 7.29. The van der Waals surface area contributed by atoms with E-state index >= 15 is 0 Å². The molecule has 2 nitrogen and oxygen atoms in total. The first-order valence-corrected chi connectivity index (χ1v) is 5.16. The molecule has 1 saturated heterocycles. The van der Waals surface area contributed by atoms with Crippen LogP contribution in [0.25, 0.3) is 0 Å². The van der Waals surface area contributed by atoms with E-state index in [4.69, 9.17) is 0 Å². The van der Waals surface area contributed by atoms with Crippen LogP contribution in [0, 0.1) is 0 Å². The quantitative estimate of drug-likeness (QED) is 0.514. The Balaban J connectivity index is 2.07. The third-order valence-corrected chi connectivity index (χ3v) is 3.94. The average Bonchev–Trinajstić information content (AvgIpc) is 2.30. The van der Waals surface area contributed by atoms with Crippen molar-refractivity contribution < 1.29 is 0 Å². The van der Waals surface area contributed by atoms with Gasteiger partial charge in [0.2, 0.25) is 0 Å². The minimum atomic E-state index is 0.832. The van der Waals surface area contributed by atoms with E-state index in [9.17, 15) is 0 Å². The van der Waals surface area contributed by atoms with Gasteiger partial charge in [0.1, 0.15) is 0 Å². The van der Waals surface area contributed by atoms with Crippen LogP contribution in [0.3, 0.4) is 0 Å². The van der Waals surface area contributed by atoms with Gasteiger partial charge in [-0.25, -0.2) is 8.61 Å². The highest BCUT2D eigenvalue weighted by Gasteiger charge is 2.38. The highest BCUT2D eigenvalue weighted by Crippen LogP contribution is 2.38. The van der Waals surface area contributed by atoms with E-state index in [2.05, 4.69) is 22.7 Å². The topological polar surface area (TPSA) is 6.48 Å². The molecule has 2 unspecified atom stereocenters. The summed E-state index contributed by atoms with van der Waals surface area (Å²) in [7, 11) is 4.44. The highest BCUT2D eigenvalue weighted by atomic mass is 32.2. The van der Waals surface area contributed by atoms with Crippen LogP contribution in [0.1, 0.15) is 25.7 Å². The number of nitrogens with zero attached hydrogens (tertiary/aromatic N) is 2. The minimum absolute atomic E-state index is 0.832. The van der Waals surface area contributed by atoms with E-state index in [1.54, 1.807) is 0 Å². The second-order valence-corrected chi connectivity index (χ2v) is 4.91. The van der Waals surface area contributed by atoms with Gasteiger partial charge in [-0.05, 0) is 26.9 Å². The van der Waals surface area contributed by atoms with Crippen molar-refractivity contribution in [1.29, 1.82) is 0 Å². The first-order valence-electron chi connectivity index (χ1n) is 4.43. The summed E-state index contributed by atoms with van der Waals surface area (Å²) >= 11 is 1.89. The fourth-order valence-corrected chi connectivity index (χ4v) is 3.40. The summed E-state index contributed by atoms with van der Waals surface area (Å²) in [5.41, 5.74) is 0. The van der Waals surface area contributed by atoms with Gasteiger partial charge in [-0.1, -0.05) is 12.8 Å². The molecule has 0 N–H and O–H groups in total. The Kier molecular flexibility index (Phi) is 2.12. The van der Waals surface area contributed by atoms with Crippen LogP contribution >= 0.6 is 12.1 Å². The maximum absolute atomic E-state index is 2.42. The van der Waals surface area contributed by atoms with E-state index in [0.29, 0.717) is 0 Å². The van der Waals surface area contributed by atoms with Gasteiger partial charge in [-0.3, -0.25) is 0 Å². The minimum Gasteiger partial charge on any atom is -0.236 e. The molecule has 3 heteroatoms. The SMILES string of the molecule is CN1SN(C)C2CCCCC21. The van der Waals surface area contributed by atoms with Gasteiger partial charge in [0.15, 0.2) is 0 Å². The lowest BCUT2D eigenvalue weighted by Gasteiger charge is -2.28. The highest BCUT2D eigenvalue weighted by molar-refractivity contribution is 7.94. The molecule has 2 aliphatic rings. The van der Waals surface area contributed by atoms with E-state index in [1.807, 2.05) is 12.1 Å². The summed E-state index contributed by atoms with van der Waals surface area (Å²) < 4.78 is 4.84. The Morgan fingerprint density at radius 1 is 1.00 bits per heavy atom. The zero-order chi connectivity index (χ0) is 7.84. The van der Waals surface area contributed by atoms with Crippen molar-refractivity contribution in [3.63, 3.8) is 0 Å². The fraction of sp³-hybridized carbons (Fsp3) is 1.00. The number of hydrogen-bond acceptors (Lipinski definition) is 3. The summed E-state index contributed by atoms with van der Waals surface area (Å²) in [5, 5.41) is 0. The summed E-state index contributed by atoms with van der Waals surface area (Å²) in [6, 6.07) is 1.66. The molecule has 1 aliphatic carbocycles. The number of fused-ring (bicyclic) bond motifs is 1. The van der Waals surface area contributed by atoms with Crippen LogP contribution < -0.4 is 0 Å². The Hall–Kier alpha value is 0.270. The smallest absolute Gasteiger partial charge is 0.0376 e. The first-order chi connectivity index (χ1) is 5.29. The van der Waals surface area contributed by atoms with Gasteiger partial charge in [0.25, 0.3) is 0 Å². The monoisotopic (exact) mass is 172 g/mol. The van der Waals surface area contributed by atoms with Crippen molar-refractivity contribution in [2.24, 2.45) is 0 Å². The zero-order valence-corrected chi connectivity index (χ0v) is 8.10. The van der Waals surface area contributed by atoms with Crippen LogP contribution in [-0.4, -0.2) is 34.8 Å². The van der Waals surface area contributed by atoms with Crippen LogP contribution in [0.2, 0.25) is 0 Å². The maximum atomic E-state index is 2.42. The Labute approximate surface area is 73.2 Å². The largest absolute Gasteiger partial charge is 0.236 e. The molecule has 0 amide bonds. The third kappa shape index (κ3) is 1.30. The molecule has 0 spiro atoms. The Morgan fingerprint density at radius 3 is 1.91 bits per heavy atom. The van der Waals surface area contributed by atoms with Gasteiger partial charge in [-0.2, -0.15) is 0 Å². The molecule has 0 aromatic heterocycles. The van der Waals surface area contributed by atoms with Gasteiger partial charge in [-0.15, -0.1) is 0 Å². The maximum Gasteiger partial charge on any atom is 0.0376 e. The summed E-state index contributed by atoms with van der Waals surface area (Å²) in [5.74, 6) is 0. The van der Waals surface area contributed by atoms with Crippen LogP contribution in [0.15, 0.2) is 0 Å². The van der Waals surface area contributed by atoms with E-state index < -0.39 is 0 Å². The van der Waals surface area contributed by atoms with Crippen LogP contribution in [0.5, 0.6) is 0 Å². The predicted molar refractivity (Wildman–Crippen MR) is 49.2 cm³/mol. The summed E-state index contributed by atoms with van der Waals surface area (Å²) in [6.07, 6.45) is 5.66. The molecule has 1 aliphatic heterocycles. The van der Waals surface area contributed by atoms with Crippen molar-refractivity contribution in [3.8, 4) is 0 Å². The summed E-state index contributed by atoms with van der Waals surface area (Å²) in [4.78, 5) is 0. The van der Waals surface area contributed by atoms with Gasteiger partial charge in [0.05, 0.1) is 0 Å². The van der Waals surface area contributed by atoms with E-state index in [1.165, 1.54) is 25.7 Å². The molecule has 1 heterocycles. The number of hydrogen-bond donors (Lipinski definition) is 0. The van der Waals surface area contributed by atoms with Gasteiger partial charge in [0, 0.05) is 24.2 Å². The van der Waals surface area contributed by atoms with Gasteiger partial charge >= 0.3 is 0 Å². The standard InChI is InChI=1S/C8H16N2S/c1-9-7-5-3-4-6-8(7)10(2)11-9/h7-8H,3-6H2,1-2H3. The van der Waals surface area contributed by atoms with Crippen molar-refractivity contribution in [2.45, 2.75) is 37.8 Å². The second kappa shape index (κ2) is 2.96. The van der Waals surface area contributed by atoms with E-state index in [0.717, 1.165) is 12.1 Å². The van der Waals surface area contributed by atoms with Gasteiger partial charge < -0.3 is 0 Å². The van der Waals surface area contributed by atoms with E-state index in [-0.39, 0.29) is 0 Å². The van der Waals surface area contributed by atoms with Crippen LogP contribution in [-0.2, 0) is 0 Å². The third-order valence-electron chi connectivity index (χ3n) is 2.89. The molecule has 1 saturated carbocycles. The molecular formula is C8H16N2S. The molecule has 2 fully saturated rings. The summed E-state index contributed by atoms with van der Waals surface area (Å²) in [6.45, 7) is 0. The Morgan fingerprint density at radius 2 is 1.45 bits per heavy atom. The lowest BCUT2D eigenvalue weighted by molar-refractivity contribution is 0.233. The second-order valence-electron chi connectivity index (χ2n) is 3.59.